The van der Waals surface area contributed by atoms with Gasteiger partial charge in [0.25, 0.3) is 0 Å². The van der Waals surface area contributed by atoms with Gasteiger partial charge in [0.1, 0.15) is 0 Å². The van der Waals surface area contributed by atoms with Gasteiger partial charge in [-0.2, -0.15) is 0 Å². The minimum Gasteiger partial charge on any atom is -0.396 e. The first kappa shape index (κ1) is 12.9. The van der Waals surface area contributed by atoms with E-state index in [0.29, 0.717) is 13.1 Å². The highest BCUT2D eigenvalue weighted by Crippen LogP contribution is 2.19. The molecule has 0 bridgehead atoms. The third-order valence-corrected chi connectivity index (χ3v) is 4.14. The minimum absolute atomic E-state index is 0.0311. The number of ether oxygens (including phenoxy) is 1. The van der Waals surface area contributed by atoms with E-state index < -0.39 is 10.0 Å². The normalized spacial score (nSPS) is 19.5. The fourth-order valence-corrected chi connectivity index (χ4v) is 2.82. The summed E-state index contributed by atoms with van der Waals surface area (Å²) in [4.78, 5) is 0. The molecule has 0 aromatic rings. The van der Waals surface area contributed by atoms with Crippen molar-refractivity contribution in [2.45, 2.75) is 20.0 Å². The van der Waals surface area contributed by atoms with Crippen LogP contribution < -0.4 is 0 Å². The maximum atomic E-state index is 11.6. The highest BCUT2D eigenvalue weighted by atomic mass is 32.2. The van der Waals surface area contributed by atoms with Gasteiger partial charge in [-0.25, -0.2) is 12.7 Å². The molecule has 5 nitrogen and oxygen atoms in total. The van der Waals surface area contributed by atoms with Gasteiger partial charge in [0, 0.05) is 25.6 Å². The smallest absolute Gasteiger partial charge is 0.216 e. The third kappa shape index (κ3) is 3.71. The van der Waals surface area contributed by atoms with Crippen LogP contribution in [-0.4, -0.2) is 56.0 Å². The van der Waals surface area contributed by atoms with Crippen molar-refractivity contribution in [1.29, 1.82) is 0 Å². The Labute approximate surface area is 91.1 Å². The zero-order valence-electron chi connectivity index (χ0n) is 9.22. The lowest BCUT2D eigenvalue weighted by Crippen LogP contribution is -2.52. The molecule has 0 aliphatic carbocycles. The number of nitrogens with zero attached hydrogens (tertiary/aromatic N) is 1. The Morgan fingerprint density at radius 1 is 1.47 bits per heavy atom. The summed E-state index contributed by atoms with van der Waals surface area (Å²) in [7, 11) is -3.16. The van der Waals surface area contributed by atoms with Crippen molar-refractivity contribution < 1.29 is 18.3 Å². The summed E-state index contributed by atoms with van der Waals surface area (Å²) in [6.07, 6.45) is 0.0572. The van der Waals surface area contributed by atoms with Crippen LogP contribution in [0.2, 0.25) is 0 Å². The van der Waals surface area contributed by atoms with Crippen molar-refractivity contribution in [3.8, 4) is 0 Å². The van der Waals surface area contributed by atoms with Gasteiger partial charge >= 0.3 is 0 Å². The molecular formula is C9H19NO4S. The number of hydrogen-bond donors (Lipinski definition) is 1. The SMILES string of the molecule is CC(C)OCCS(=O)(=O)N1CC(CO)C1. The standard InChI is InChI=1S/C9H19NO4S/c1-8(2)14-3-4-15(12,13)10-5-9(6-10)7-11/h8-9,11H,3-7H2,1-2H3. The summed E-state index contributed by atoms with van der Waals surface area (Å²) >= 11 is 0. The van der Waals surface area contributed by atoms with Crippen molar-refractivity contribution in [2.75, 3.05) is 32.1 Å². The number of rotatable bonds is 6. The van der Waals surface area contributed by atoms with E-state index in [1.807, 2.05) is 13.8 Å². The van der Waals surface area contributed by atoms with Crippen molar-refractivity contribution in [3.05, 3.63) is 0 Å². The van der Waals surface area contributed by atoms with E-state index in [2.05, 4.69) is 0 Å². The summed E-state index contributed by atoms with van der Waals surface area (Å²) in [5, 5.41) is 8.77. The second-order valence-corrected chi connectivity index (χ2v) is 6.19. The van der Waals surface area contributed by atoms with Crippen LogP contribution in [0, 0.1) is 5.92 Å². The molecule has 0 saturated carbocycles. The first-order valence-electron chi connectivity index (χ1n) is 5.16. The lowest BCUT2D eigenvalue weighted by molar-refractivity contribution is 0.0877. The van der Waals surface area contributed by atoms with Crippen LogP contribution in [0.3, 0.4) is 0 Å². The zero-order valence-corrected chi connectivity index (χ0v) is 10.0. The number of aliphatic hydroxyl groups is 1. The van der Waals surface area contributed by atoms with E-state index >= 15 is 0 Å². The molecule has 1 N–H and O–H groups in total. The molecule has 0 amide bonds. The molecule has 0 radical (unpaired) electrons. The molecule has 1 rings (SSSR count). The third-order valence-electron chi connectivity index (χ3n) is 2.37. The second kappa shape index (κ2) is 5.25. The van der Waals surface area contributed by atoms with Gasteiger partial charge in [0.05, 0.1) is 18.5 Å². The Bertz CT molecular complexity index is 282. The fourth-order valence-electron chi connectivity index (χ4n) is 1.38. The molecule has 1 saturated heterocycles. The van der Waals surface area contributed by atoms with Crippen LogP contribution in [-0.2, 0) is 14.8 Å². The highest BCUT2D eigenvalue weighted by Gasteiger charge is 2.34. The van der Waals surface area contributed by atoms with Gasteiger partial charge in [0.2, 0.25) is 10.0 Å². The van der Waals surface area contributed by atoms with Gasteiger partial charge in [-0.3, -0.25) is 0 Å². The summed E-state index contributed by atoms with van der Waals surface area (Å²) in [5.41, 5.74) is 0. The van der Waals surface area contributed by atoms with Crippen LogP contribution in [0.25, 0.3) is 0 Å². The predicted molar refractivity (Wildman–Crippen MR) is 57.0 cm³/mol. The highest BCUT2D eigenvalue weighted by molar-refractivity contribution is 7.89. The molecule has 1 aliphatic rings. The Hall–Kier alpha value is -0.170. The molecule has 0 spiro atoms. The van der Waals surface area contributed by atoms with Gasteiger partial charge in [-0.05, 0) is 13.8 Å². The molecule has 90 valence electrons. The van der Waals surface area contributed by atoms with Crippen molar-refractivity contribution in [3.63, 3.8) is 0 Å². The second-order valence-electron chi connectivity index (χ2n) is 4.10. The van der Waals surface area contributed by atoms with Crippen molar-refractivity contribution in [2.24, 2.45) is 5.92 Å². The largest absolute Gasteiger partial charge is 0.396 e. The zero-order chi connectivity index (χ0) is 11.5. The van der Waals surface area contributed by atoms with E-state index in [-0.39, 0.29) is 31.0 Å². The van der Waals surface area contributed by atoms with Crippen LogP contribution in [0.5, 0.6) is 0 Å². The van der Waals surface area contributed by atoms with Crippen LogP contribution in [0.15, 0.2) is 0 Å². The molecule has 0 aromatic carbocycles. The van der Waals surface area contributed by atoms with Gasteiger partial charge < -0.3 is 9.84 Å². The van der Waals surface area contributed by atoms with E-state index in [1.54, 1.807) is 0 Å². The summed E-state index contributed by atoms with van der Waals surface area (Å²) in [6.45, 7) is 4.94. The summed E-state index contributed by atoms with van der Waals surface area (Å²) in [5.74, 6) is 0.148. The van der Waals surface area contributed by atoms with E-state index in [9.17, 15) is 8.42 Å². The number of aliphatic hydroxyl groups excluding tert-OH is 1. The van der Waals surface area contributed by atoms with E-state index in [4.69, 9.17) is 9.84 Å². The maximum absolute atomic E-state index is 11.6. The molecule has 0 atom stereocenters. The molecule has 0 unspecified atom stereocenters. The summed E-state index contributed by atoms with van der Waals surface area (Å²) < 4.78 is 29.8. The first-order chi connectivity index (χ1) is 6.95. The number of sulfonamides is 1. The molecule has 1 aliphatic heterocycles. The maximum Gasteiger partial charge on any atom is 0.216 e. The average molecular weight is 237 g/mol. The first-order valence-corrected chi connectivity index (χ1v) is 6.77. The molecule has 6 heteroatoms. The van der Waals surface area contributed by atoms with Gasteiger partial charge in [-0.1, -0.05) is 0 Å². The lowest BCUT2D eigenvalue weighted by Gasteiger charge is -2.36. The van der Waals surface area contributed by atoms with Crippen molar-refractivity contribution in [1.82, 2.24) is 4.31 Å². The van der Waals surface area contributed by atoms with E-state index in [0.717, 1.165) is 0 Å². The van der Waals surface area contributed by atoms with Gasteiger partial charge in [-0.15, -0.1) is 0 Å². The predicted octanol–water partition coefficient (Wildman–Crippen LogP) is -0.335. The quantitative estimate of drug-likeness (QED) is 0.686. The summed E-state index contributed by atoms with van der Waals surface area (Å²) in [6, 6.07) is 0. The Morgan fingerprint density at radius 2 is 2.07 bits per heavy atom. The van der Waals surface area contributed by atoms with Crippen molar-refractivity contribution >= 4 is 10.0 Å². The Morgan fingerprint density at radius 3 is 2.53 bits per heavy atom. The molecule has 15 heavy (non-hydrogen) atoms. The minimum atomic E-state index is -3.16. The average Bonchev–Trinajstić information content (AvgIpc) is 2.00. The topological polar surface area (TPSA) is 66.8 Å². The molecule has 1 heterocycles. The monoisotopic (exact) mass is 237 g/mol. The number of hydrogen-bond acceptors (Lipinski definition) is 4. The fraction of sp³-hybridized carbons (Fsp3) is 1.00. The van der Waals surface area contributed by atoms with E-state index in [1.165, 1.54) is 4.31 Å². The Kier molecular flexibility index (Phi) is 4.51. The van der Waals surface area contributed by atoms with Crippen LogP contribution in [0.4, 0.5) is 0 Å². The molecule has 0 aromatic heterocycles. The van der Waals surface area contributed by atoms with Gasteiger partial charge in [0.15, 0.2) is 0 Å². The van der Waals surface area contributed by atoms with Crippen LogP contribution >= 0.6 is 0 Å². The molecule has 1 fully saturated rings. The Balaban J connectivity index is 2.28. The lowest BCUT2D eigenvalue weighted by atomic mass is 10.1. The van der Waals surface area contributed by atoms with Crippen LogP contribution in [0.1, 0.15) is 13.8 Å². The molecular weight excluding hydrogens is 218 g/mol.